The van der Waals surface area contributed by atoms with Gasteiger partial charge in [0.05, 0.1) is 10.7 Å². The van der Waals surface area contributed by atoms with Crippen LogP contribution in [-0.2, 0) is 4.79 Å². The molecule has 3 heterocycles. The van der Waals surface area contributed by atoms with Crippen molar-refractivity contribution in [2.75, 3.05) is 5.32 Å². The van der Waals surface area contributed by atoms with Crippen LogP contribution in [0.1, 0.15) is 29.2 Å². The predicted octanol–water partition coefficient (Wildman–Crippen LogP) is 2.10. The molecule has 1 aliphatic rings. The second-order valence-electron chi connectivity index (χ2n) is 6.05. The van der Waals surface area contributed by atoms with Crippen molar-refractivity contribution in [1.82, 2.24) is 20.0 Å². The second kappa shape index (κ2) is 5.99. The summed E-state index contributed by atoms with van der Waals surface area (Å²) >= 11 is 6.04. The Balaban J connectivity index is 1.88. The smallest absolute Gasteiger partial charge is 0.264 e. The van der Waals surface area contributed by atoms with E-state index in [-0.39, 0.29) is 34.6 Å². The van der Waals surface area contributed by atoms with Gasteiger partial charge in [0, 0.05) is 24.0 Å². The Morgan fingerprint density at radius 3 is 2.77 bits per heavy atom. The van der Waals surface area contributed by atoms with Crippen molar-refractivity contribution >= 4 is 23.3 Å². The number of anilines is 1. The lowest BCUT2D eigenvalue weighted by Gasteiger charge is -2.24. The van der Waals surface area contributed by atoms with Crippen molar-refractivity contribution in [3.8, 4) is 11.6 Å². The van der Waals surface area contributed by atoms with Crippen molar-refractivity contribution in [3.05, 3.63) is 62.5 Å². The zero-order valence-electron chi connectivity index (χ0n) is 13.7. The van der Waals surface area contributed by atoms with E-state index in [1.54, 1.807) is 12.1 Å². The fourth-order valence-electron chi connectivity index (χ4n) is 3.19. The normalized spacial score (nSPS) is 16.2. The Morgan fingerprint density at radius 1 is 1.27 bits per heavy atom. The average molecular weight is 372 g/mol. The van der Waals surface area contributed by atoms with Crippen LogP contribution in [0.25, 0.3) is 5.82 Å². The van der Waals surface area contributed by atoms with Crippen LogP contribution < -0.4 is 10.9 Å². The molecule has 1 aromatic carbocycles. The Labute approximate surface area is 152 Å². The van der Waals surface area contributed by atoms with Gasteiger partial charge in [0.25, 0.3) is 5.56 Å². The second-order valence-corrected chi connectivity index (χ2v) is 6.46. The lowest BCUT2D eigenvalue weighted by molar-refractivity contribution is -0.116. The third-order valence-electron chi connectivity index (χ3n) is 4.36. The van der Waals surface area contributed by atoms with E-state index in [9.17, 15) is 14.7 Å². The molecule has 1 atom stereocenters. The Bertz CT molecular complexity index is 1070. The van der Waals surface area contributed by atoms with Gasteiger partial charge in [-0.3, -0.25) is 9.59 Å². The first-order valence-corrected chi connectivity index (χ1v) is 8.25. The third-order valence-corrected chi connectivity index (χ3v) is 4.66. The van der Waals surface area contributed by atoms with Gasteiger partial charge < -0.3 is 10.4 Å². The molecule has 0 bridgehead atoms. The average Bonchev–Trinajstić information content (AvgIpc) is 2.94. The van der Waals surface area contributed by atoms with Crippen LogP contribution >= 0.6 is 11.6 Å². The van der Waals surface area contributed by atoms with Crippen LogP contribution in [0.5, 0.6) is 5.75 Å². The number of phenolic OH excluding ortho intramolecular Hbond substituents is 1. The molecule has 9 heteroatoms. The van der Waals surface area contributed by atoms with Gasteiger partial charge in [-0.1, -0.05) is 17.7 Å². The molecule has 4 rings (SSSR count). The highest BCUT2D eigenvalue weighted by molar-refractivity contribution is 6.32. The van der Waals surface area contributed by atoms with Crippen LogP contribution in [-0.4, -0.2) is 31.0 Å². The topological polar surface area (TPSA) is 113 Å². The summed E-state index contributed by atoms with van der Waals surface area (Å²) in [5.74, 6) is 0.456. The van der Waals surface area contributed by atoms with E-state index in [1.165, 1.54) is 22.9 Å². The number of fused-ring (bicyclic) bond motifs is 1. The molecule has 0 spiro atoms. The molecule has 132 valence electrons. The molecule has 0 saturated heterocycles. The van der Waals surface area contributed by atoms with Gasteiger partial charge >= 0.3 is 0 Å². The van der Waals surface area contributed by atoms with E-state index in [0.29, 0.717) is 11.6 Å². The maximum Gasteiger partial charge on any atom is 0.264 e. The summed E-state index contributed by atoms with van der Waals surface area (Å²) in [5, 5.41) is 23.5. The highest BCUT2D eigenvalue weighted by Crippen LogP contribution is 2.41. The van der Waals surface area contributed by atoms with Crippen molar-refractivity contribution in [2.24, 2.45) is 0 Å². The molecule has 2 aromatic heterocycles. The van der Waals surface area contributed by atoms with Gasteiger partial charge in [0.15, 0.2) is 5.82 Å². The molecule has 8 nitrogen and oxygen atoms in total. The van der Waals surface area contributed by atoms with Gasteiger partial charge in [0.2, 0.25) is 5.91 Å². The zero-order valence-corrected chi connectivity index (χ0v) is 14.4. The number of benzene rings is 1. The minimum Gasteiger partial charge on any atom is -0.506 e. The summed E-state index contributed by atoms with van der Waals surface area (Å²) in [6.45, 7) is 1.84. The molecule has 1 amide bonds. The van der Waals surface area contributed by atoms with Crippen LogP contribution in [0.15, 0.2) is 35.1 Å². The number of aryl methyl sites for hydroxylation is 1. The van der Waals surface area contributed by atoms with E-state index in [0.717, 1.165) is 16.8 Å². The summed E-state index contributed by atoms with van der Waals surface area (Å²) in [4.78, 5) is 23.5. The van der Waals surface area contributed by atoms with Gasteiger partial charge in [-0.2, -0.15) is 14.9 Å². The fraction of sp³-hybridized carbons (Fsp3) is 0.176. The van der Waals surface area contributed by atoms with Gasteiger partial charge in [0.1, 0.15) is 11.6 Å². The Kier molecular flexibility index (Phi) is 3.77. The molecule has 0 unspecified atom stereocenters. The van der Waals surface area contributed by atoms with E-state index in [4.69, 9.17) is 11.6 Å². The third kappa shape index (κ3) is 2.64. The number of carbonyl (C=O) groups excluding carboxylic acids is 1. The predicted molar refractivity (Wildman–Crippen MR) is 94.9 cm³/mol. The number of hydrogen-bond donors (Lipinski definition) is 3. The molecular weight excluding hydrogens is 358 g/mol. The largest absolute Gasteiger partial charge is 0.506 e. The number of phenols is 1. The van der Waals surface area contributed by atoms with Gasteiger partial charge in [-0.25, -0.2) is 5.10 Å². The number of rotatable bonds is 2. The highest BCUT2D eigenvalue weighted by Gasteiger charge is 2.33. The maximum absolute atomic E-state index is 12.3. The van der Waals surface area contributed by atoms with Gasteiger partial charge in [-0.05, 0) is 30.7 Å². The minimum atomic E-state index is -0.327. The molecular formula is C17H14ClN5O3. The Hall–Kier alpha value is -3.13. The number of carbonyl (C=O) groups is 1. The first-order chi connectivity index (χ1) is 12.4. The number of aromatic hydroxyl groups is 1. The molecule has 26 heavy (non-hydrogen) atoms. The Morgan fingerprint density at radius 2 is 2.08 bits per heavy atom. The number of aromatic amines is 1. The molecule has 3 N–H and O–H groups in total. The lowest BCUT2D eigenvalue weighted by Crippen LogP contribution is -2.25. The molecule has 0 aliphatic carbocycles. The van der Waals surface area contributed by atoms with Crippen LogP contribution in [0.4, 0.5) is 5.82 Å². The van der Waals surface area contributed by atoms with Crippen LogP contribution in [0.3, 0.4) is 0 Å². The number of nitrogens with zero attached hydrogens (tertiary/aromatic N) is 3. The first-order valence-electron chi connectivity index (χ1n) is 7.88. The van der Waals surface area contributed by atoms with Gasteiger partial charge in [-0.15, -0.1) is 0 Å². The first kappa shape index (κ1) is 16.3. The highest BCUT2D eigenvalue weighted by atomic mass is 35.5. The van der Waals surface area contributed by atoms with Crippen LogP contribution in [0.2, 0.25) is 5.02 Å². The molecule has 3 aromatic rings. The molecule has 1 aliphatic heterocycles. The summed E-state index contributed by atoms with van der Waals surface area (Å²) in [7, 11) is 0. The van der Waals surface area contributed by atoms with E-state index >= 15 is 0 Å². The minimum absolute atomic E-state index is 0.0132. The lowest BCUT2D eigenvalue weighted by atomic mass is 9.86. The fourth-order valence-corrected chi connectivity index (χ4v) is 3.38. The number of hydrogen-bond acceptors (Lipinski definition) is 5. The number of nitrogens with one attached hydrogen (secondary N) is 2. The van der Waals surface area contributed by atoms with Crippen molar-refractivity contribution < 1.29 is 9.90 Å². The summed E-state index contributed by atoms with van der Waals surface area (Å²) in [6, 6.07) is 7.77. The van der Waals surface area contributed by atoms with E-state index < -0.39 is 0 Å². The molecule has 0 saturated carbocycles. The number of H-pyrrole nitrogens is 1. The maximum atomic E-state index is 12.3. The number of halogens is 1. The standard InChI is InChI=1S/C17H14ClN5O3/c1-8-16-10(9-2-3-12(24)11(18)6-9)7-15(26)19-17(16)23(22-8)13-4-5-14(25)21-20-13/h2-6,10,24H,7H2,1H3,(H,19,26)(H,21,25)/t10-/m0/s1. The zero-order chi connectivity index (χ0) is 18.4. The monoisotopic (exact) mass is 371 g/mol. The summed E-state index contributed by atoms with van der Waals surface area (Å²) in [6.07, 6.45) is 0.236. The quantitative estimate of drug-likeness (QED) is 0.638. The SMILES string of the molecule is Cc1nn(-c2ccc(=O)[nH]n2)c2c1[C@H](c1ccc(O)c(Cl)c1)CC(=O)N2. The molecule has 0 fully saturated rings. The van der Waals surface area contributed by atoms with Crippen LogP contribution in [0, 0.1) is 6.92 Å². The molecule has 0 radical (unpaired) electrons. The van der Waals surface area contributed by atoms with Crippen molar-refractivity contribution in [3.63, 3.8) is 0 Å². The number of aromatic nitrogens is 4. The number of amides is 1. The van der Waals surface area contributed by atoms with E-state index in [1.807, 2.05) is 6.92 Å². The van der Waals surface area contributed by atoms with E-state index in [2.05, 4.69) is 20.6 Å². The summed E-state index contributed by atoms with van der Waals surface area (Å²) in [5.41, 5.74) is 2.05. The van der Waals surface area contributed by atoms with Crippen molar-refractivity contribution in [2.45, 2.75) is 19.3 Å². The van der Waals surface area contributed by atoms with Crippen molar-refractivity contribution in [1.29, 1.82) is 0 Å². The summed E-state index contributed by atoms with van der Waals surface area (Å²) < 4.78 is 1.49.